The third kappa shape index (κ3) is 30.6. The summed E-state index contributed by atoms with van der Waals surface area (Å²) in [5.74, 6) is 0. The fourth-order valence-corrected chi connectivity index (χ4v) is 0.204. The Kier molecular flexibility index (Phi) is 74.9. The molecular formula is C4H10BCl2O. The van der Waals surface area contributed by atoms with Crippen molar-refractivity contribution in [3.63, 3.8) is 0 Å². The second kappa shape index (κ2) is 25.5. The van der Waals surface area contributed by atoms with Gasteiger partial charge >= 0.3 is 8.41 Å². The van der Waals surface area contributed by atoms with Gasteiger partial charge in [0, 0.05) is 13.2 Å². The molecule has 0 heterocycles. The van der Waals surface area contributed by atoms with E-state index in [0.29, 0.717) is 0 Å². The van der Waals surface area contributed by atoms with Gasteiger partial charge in [0.15, 0.2) is 0 Å². The minimum absolute atomic E-state index is 0. The molecule has 0 aliphatic heterocycles. The van der Waals surface area contributed by atoms with Gasteiger partial charge in [-0.05, 0) is 13.8 Å². The summed E-state index contributed by atoms with van der Waals surface area (Å²) in [7, 11) is 0. The van der Waals surface area contributed by atoms with Crippen molar-refractivity contribution >= 4 is 8.41 Å². The predicted molar refractivity (Wildman–Crippen MR) is 27.9 cm³/mol. The fourth-order valence-electron chi connectivity index (χ4n) is 0.204. The standard InChI is InChI=1S/C4H10O.B.2ClH/c1-3-5-4-2;;;/h3-4H2,1-2H3;;2*1H/q;+2;;/p-2. The van der Waals surface area contributed by atoms with E-state index in [-0.39, 0.29) is 33.2 Å². The van der Waals surface area contributed by atoms with Crippen LogP contribution in [0.25, 0.3) is 0 Å². The first-order valence-electron chi connectivity index (χ1n) is 1.99. The summed E-state index contributed by atoms with van der Waals surface area (Å²) in [5, 5.41) is 0. The fraction of sp³-hybridized carbons (Fsp3) is 1.00. The Hall–Kier alpha value is 0.605. The maximum Gasteiger partial charge on any atom is 2.00 e. The normalized spacial score (nSPS) is 5.25. The summed E-state index contributed by atoms with van der Waals surface area (Å²) in [6.45, 7) is 5.67. The first kappa shape index (κ1) is 23.5. The average Bonchev–Trinajstić information content (AvgIpc) is 1.41. The van der Waals surface area contributed by atoms with Crippen LogP contribution in [0.4, 0.5) is 0 Å². The molecule has 0 aromatic rings. The van der Waals surface area contributed by atoms with Gasteiger partial charge in [0.1, 0.15) is 0 Å². The van der Waals surface area contributed by atoms with Crippen molar-refractivity contribution < 1.29 is 29.6 Å². The van der Waals surface area contributed by atoms with Crippen LogP contribution in [0.15, 0.2) is 0 Å². The first-order chi connectivity index (χ1) is 2.41. The summed E-state index contributed by atoms with van der Waals surface area (Å²) < 4.78 is 4.83. The molecule has 0 spiro atoms. The van der Waals surface area contributed by atoms with Crippen LogP contribution in [0.5, 0.6) is 0 Å². The van der Waals surface area contributed by atoms with E-state index < -0.39 is 0 Å². The summed E-state index contributed by atoms with van der Waals surface area (Å²) in [4.78, 5) is 0. The van der Waals surface area contributed by atoms with Gasteiger partial charge in [0.05, 0.1) is 0 Å². The Balaban J connectivity index is -0.0000000267. The van der Waals surface area contributed by atoms with Crippen LogP contribution in [-0.4, -0.2) is 21.6 Å². The van der Waals surface area contributed by atoms with Crippen LogP contribution in [-0.2, 0) is 4.74 Å². The summed E-state index contributed by atoms with van der Waals surface area (Å²) in [6.07, 6.45) is 0. The maximum absolute atomic E-state index is 4.83. The van der Waals surface area contributed by atoms with E-state index in [4.69, 9.17) is 4.74 Å². The van der Waals surface area contributed by atoms with Gasteiger partial charge in [-0.2, -0.15) is 0 Å². The van der Waals surface area contributed by atoms with Crippen molar-refractivity contribution in [1.29, 1.82) is 0 Å². The van der Waals surface area contributed by atoms with Crippen LogP contribution in [0.3, 0.4) is 0 Å². The van der Waals surface area contributed by atoms with E-state index in [9.17, 15) is 0 Å². The van der Waals surface area contributed by atoms with E-state index in [0.717, 1.165) is 13.2 Å². The molecule has 0 aromatic carbocycles. The Labute approximate surface area is 65.6 Å². The monoisotopic (exact) mass is 155 g/mol. The van der Waals surface area contributed by atoms with E-state index in [1.165, 1.54) is 0 Å². The zero-order valence-electron chi connectivity index (χ0n) is 5.16. The summed E-state index contributed by atoms with van der Waals surface area (Å²) in [6, 6.07) is 0. The molecule has 0 unspecified atom stereocenters. The third-order valence-electron chi connectivity index (χ3n) is 0.408. The SMILES string of the molecule is CCOCC.[B+2].[Cl-].[Cl-]. The number of ether oxygens (including phenoxy) is 1. The van der Waals surface area contributed by atoms with Gasteiger partial charge in [0.25, 0.3) is 0 Å². The molecule has 0 atom stereocenters. The molecule has 0 fully saturated rings. The van der Waals surface area contributed by atoms with E-state index in [1.807, 2.05) is 13.8 Å². The quantitative estimate of drug-likeness (QED) is 0.362. The Bertz CT molecular complexity index is 21.5. The number of halogens is 2. The van der Waals surface area contributed by atoms with Crippen molar-refractivity contribution in [2.75, 3.05) is 13.2 Å². The molecule has 49 valence electrons. The molecule has 0 aliphatic carbocycles. The van der Waals surface area contributed by atoms with Gasteiger partial charge in [0.2, 0.25) is 0 Å². The van der Waals surface area contributed by atoms with Crippen LogP contribution in [0, 0.1) is 0 Å². The van der Waals surface area contributed by atoms with Crippen LogP contribution in [0.1, 0.15) is 13.8 Å². The zero-order chi connectivity index (χ0) is 4.12. The molecule has 4 heteroatoms. The first-order valence-corrected chi connectivity index (χ1v) is 1.99. The predicted octanol–water partition coefficient (Wildman–Crippen LogP) is -5.33. The molecule has 8 heavy (non-hydrogen) atoms. The van der Waals surface area contributed by atoms with E-state index in [1.54, 1.807) is 0 Å². The third-order valence-corrected chi connectivity index (χ3v) is 0.408. The maximum atomic E-state index is 4.83. The van der Waals surface area contributed by atoms with Gasteiger partial charge in [-0.15, -0.1) is 0 Å². The van der Waals surface area contributed by atoms with Gasteiger partial charge < -0.3 is 29.6 Å². The van der Waals surface area contributed by atoms with Crippen LogP contribution >= 0.6 is 0 Å². The summed E-state index contributed by atoms with van der Waals surface area (Å²) in [5.41, 5.74) is 0. The molecule has 0 saturated carbocycles. The van der Waals surface area contributed by atoms with Crippen molar-refractivity contribution in [3.8, 4) is 0 Å². The molecule has 0 aromatic heterocycles. The smallest absolute Gasteiger partial charge is 1.00 e. The van der Waals surface area contributed by atoms with Crippen molar-refractivity contribution in [3.05, 3.63) is 0 Å². The molecule has 1 nitrogen and oxygen atoms in total. The van der Waals surface area contributed by atoms with Crippen LogP contribution in [0.2, 0.25) is 0 Å². The van der Waals surface area contributed by atoms with Gasteiger partial charge in [-0.1, -0.05) is 0 Å². The number of hydrogen-bond donors (Lipinski definition) is 0. The van der Waals surface area contributed by atoms with Crippen molar-refractivity contribution in [1.82, 2.24) is 0 Å². The molecule has 0 rings (SSSR count). The van der Waals surface area contributed by atoms with Crippen LogP contribution < -0.4 is 24.8 Å². The van der Waals surface area contributed by atoms with Crippen molar-refractivity contribution in [2.45, 2.75) is 13.8 Å². The second-order valence-corrected chi connectivity index (χ2v) is 0.781. The van der Waals surface area contributed by atoms with E-state index in [2.05, 4.69) is 0 Å². The Morgan fingerprint density at radius 1 is 1.00 bits per heavy atom. The average molecular weight is 156 g/mol. The van der Waals surface area contributed by atoms with E-state index >= 15 is 0 Å². The molecule has 1 radical (unpaired) electrons. The van der Waals surface area contributed by atoms with Gasteiger partial charge in [-0.25, -0.2) is 0 Å². The largest absolute Gasteiger partial charge is 2.00 e. The zero-order valence-corrected chi connectivity index (χ0v) is 6.67. The molecular weight excluding hydrogens is 146 g/mol. The Morgan fingerprint density at radius 3 is 1.25 bits per heavy atom. The minimum Gasteiger partial charge on any atom is -1.00 e. The molecule has 0 saturated heterocycles. The minimum atomic E-state index is 0. The summed E-state index contributed by atoms with van der Waals surface area (Å²) >= 11 is 0. The second-order valence-electron chi connectivity index (χ2n) is 0.781. The molecule has 0 aliphatic rings. The Morgan fingerprint density at radius 2 is 1.25 bits per heavy atom. The molecule has 0 N–H and O–H groups in total. The number of hydrogen-bond acceptors (Lipinski definition) is 1. The molecule has 0 amide bonds. The van der Waals surface area contributed by atoms with Gasteiger partial charge in [-0.3, -0.25) is 0 Å². The van der Waals surface area contributed by atoms with Crippen molar-refractivity contribution in [2.24, 2.45) is 0 Å². The number of rotatable bonds is 2. The topological polar surface area (TPSA) is 9.23 Å². The molecule has 0 bridgehead atoms.